The Hall–Kier alpha value is -1.91. The Morgan fingerprint density at radius 1 is 1.40 bits per heavy atom. The number of amides is 2. The lowest BCUT2D eigenvalue weighted by molar-refractivity contribution is -0.134. The number of pyridine rings is 1. The fourth-order valence-electron chi connectivity index (χ4n) is 2.44. The summed E-state index contributed by atoms with van der Waals surface area (Å²) in [5.74, 6) is -0.0607. The number of nitrogens with one attached hydrogen (secondary N) is 1. The van der Waals surface area contributed by atoms with E-state index in [2.05, 4.69) is 10.3 Å². The molecule has 0 spiro atoms. The highest BCUT2D eigenvalue weighted by Crippen LogP contribution is 2.24. The first kappa shape index (κ1) is 14.5. The maximum absolute atomic E-state index is 12.7. The molecule has 0 aliphatic carbocycles. The average molecular weight is 275 g/mol. The van der Waals surface area contributed by atoms with Gasteiger partial charge >= 0.3 is 0 Å². The number of aryl methyl sites for hydroxylation is 1. The Kier molecular flexibility index (Phi) is 4.06. The second kappa shape index (κ2) is 5.61. The third-order valence-electron chi connectivity index (χ3n) is 3.92. The van der Waals surface area contributed by atoms with Gasteiger partial charge in [-0.25, -0.2) is 0 Å². The minimum absolute atomic E-state index is 0.0566. The van der Waals surface area contributed by atoms with Gasteiger partial charge in [0.2, 0.25) is 5.91 Å². The van der Waals surface area contributed by atoms with Crippen LogP contribution in [0.1, 0.15) is 32.8 Å². The lowest BCUT2D eigenvalue weighted by Gasteiger charge is -2.39. The zero-order valence-electron chi connectivity index (χ0n) is 12.4. The Morgan fingerprint density at radius 3 is 2.70 bits per heavy atom. The highest BCUT2D eigenvalue weighted by Gasteiger charge is 2.40. The first-order valence-corrected chi connectivity index (χ1v) is 7.00. The van der Waals surface area contributed by atoms with E-state index in [9.17, 15) is 9.59 Å². The maximum atomic E-state index is 12.7. The van der Waals surface area contributed by atoms with Gasteiger partial charge in [-0.2, -0.15) is 0 Å². The third-order valence-corrected chi connectivity index (χ3v) is 3.92. The fraction of sp³-hybridized carbons (Fsp3) is 0.533. The predicted molar refractivity (Wildman–Crippen MR) is 77.3 cm³/mol. The van der Waals surface area contributed by atoms with E-state index in [4.69, 9.17) is 0 Å². The Balaban J connectivity index is 2.38. The standard InChI is InChI=1S/C15H21N3O2/c1-5-10(3)13-15(20)18(11(4)14(19)17-13)12-6-9(2)7-16-8-12/h6-8,10-11,13H,5H2,1-4H3,(H,17,19). The Labute approximate surface area is 119 Å². The van der Waals surface area contributed by atoms with Gasteiger partial charge in [0.15, 0.2) is 0 Å². The van der Waals surface area contributed by atoms with Gasteiger partial charge in [0.1, 0.15) is 12.1 Å². The van der Waals surface area contributed by atoms with Crippen molar-refractivity contribution in [2.45, 2.75) is 46.2 Å². The van der Waals surface area contributed by atoms with Crippen molar-refractivity contribution < 1.29 is 9.59 Å². The minimum Gasteiger partial charge on any atom is -0.342 e. The van der Waals surface area contributed by atoms with Crippen LogP contribution in [0.3, 0.4) is 0 Å². The van der Waals surface area contributed by atoms with E-state index >= 15 is 0 Å². The number of aromatic nitrogens is 1. The van der Waals surface area contributed by atoms with Gasteiger partial charge in [-0.15, -0.1) is 0 Å². The molecular weight excluding hydrogens is 254 g/mol. The number of nitrogens with zero attached hydrogens (tertiary/aromatic N) is 2. The molecule has 0 radical (unpaired) electrons. The molecule has 1 fully saturated rings. The molecule has 0 bridgehead atoms. The smallest absolute Gasteiger partial charge is 0.250 e. The molecule has 108 valence electrons. The number of piperazine rings is 1. The van der Waals surface area contributed by atoms with Gasteiger partial charge in [-0.1, -0.05) is 20.3 Å². The Morgan fingerprint density at radius 2 is 2.10 bits per heavy atom. The summed E-state index contributed by atoms with van der Waals surface area (Å²) >= 11 is 0. The van der Waals surface area contributed by atoms with Crippen molar-refractivity contribution in [3.8, 4) is 0 Å². The first-order chi connectivity index (χ1) is 9.45. The molecule has 5 heteroatoms. The molecular formula is C15H21N3O2. The molecule has 20 heavy (non-hydrogen) atoms. The topological polar surface area (TPSA) is 62.3 Å². The van der Waals surface area contributed by atoms with Gasteiger partial charge in [0, 0.05) is 6.20 Å². The molecule has 2 rings (SSSR count). The first-order valence-electron chi connectivity index (χ1n) is 7.00. The third kappa shape index (κ3) is 2.53. The van der Waals surface area contributed by atoms with Crippen LogP contribution in [-0.4, -0.2) is 28.9 Å². The largest absolute Gasteiger partial charge is 0.342 e. The molecule has 1 saturated heterocycles. The molecule has 3 unspecified atom stereocenters. The number of carbonyl (C=O) groups excluding carboxylic acids is 2. The van der Waals surface area contributed by atoms with Crippen molar-refractivity contribution in [2.24, 2.45) is 5.92 Å². The summed E-state index contributed by atoms with van der Waals surface area (Å²) in [6.45, 7) is 7.65. The van der Waals surface area contributed by atoms with E-state index in [-0.39, 0.29) is 17.7 Å². The summed E-state index contributed by atoms with van der Waals surface area (Å²) in [5, 5.41) is 2.83. The van der Waals surface area contributed by atoms with Crippen LogP contribution in [0.15, 0.2) is 18.5 Å². The van der Waals surface area contributed by atoms with Crippen LogP contribution < -0.4 is 10.2 Å². The summed E-state index contributed by atoms with van der Waals surface area (Å²) in [7, 11) is 0. The molecule has 5 nitrogen and oxygen atoms in total. The van der Waals surface area contributed by atoms with Crippen molar-refractivity contribution in [3.63, 3.8) is 0 Å². The molecule has 2 amide bonds. The van der Waals surface area contributed by atoms with Crippen LogP contribution in [0.5, 0.6) is 0 Å². The maximum Gasteiger partial charge on any atom is 0.250 e. The van der Waals surface area contributed by atoms with E-state index in [0.29, 0.717) is 5.69 Å². The summed E-state index contributed by atoms with van der Waals surface area (Å²) < 4.78 is 0. The molecule has 2 heterocycles. The molecule has 0 saturated carbocycles. The van der Waals surface area contributed by atoms with E-state index in [0.717, 1.165) is 12.0 Å². The second-order valence-corrected chi connectivity index (χ2v) is 5.48. The van der Waals surface area contributed by atoms with E-state index < -0.39 is 12.1 Å². The molecule has 0 aromatic carbocycles. The van der Waals surface area contributed by atoms with Crippen LogP contribution in [-0.2, 0) is 9.59 Å². The predicted octanol–water partition coefficient (Wildman–Crippen LogP) is 1.66. The number of carbonyl (C=O) groups is 2. The summed E-state index contributed by atoms with van der Waals surface area (Å²) in [5.41, 5.74) is 1.65. The molecule has 3 atom stereocenters. The van der Waals surface area contributed by atoms with Crippen molar-refractivity contribution in [2.75, 3.05) is 4.90 Å². The Bertz CT molecular complexity index is 530. The zero-order chi connectivity index (χ0) is 14.9. The molecule has 1 aliphatic rings. The highest BCUT2D eigenvalue weighted by atomic mass is 16.2. The molecule has 1 aromatic heterocycles. The van der Waals surface area contributed by atoms with Crippen molar-refractivity contribution in [3.05, 3.63) is 24.0 Å². The van der Waals surface area contributed by atoms with Gasteiger partial charge < -0.3 is 5.32 Å². The van der Waals surface area contributed by atoms with Crippen LogP contribution in [0.25, 0.3) is 0 Å². The van der Waals surface area contributed by atoms with E-state index in [1.807, 2.05) is 26.8 Å². The van der Waals surface area contributed by atoms with Gasteiger partial charge in [-0.05, 0) is 31.4 Å². The van der Waals surface area contributed by atoms with Crippen molar-refractivity contribution in [1.29, 1.82) is 0 Å². The highest BCUT2D eigenvalue weighted by molar-refractivity contribution is 6.08. The molecule has 1 aliphatic heterocycles. The van der Waals surface area contributed by atoms with E-state index in [1.165, 1.54) is 0 Å². The summed E-state index contributed by atoms with van der Waals surface area (Å²) in [6.07, 6.45) is 4.20. The number of hydrogen-bond acceptors (Lipinski definition) is 3. The molecule has 1 N–H and O–H groups in total. The second-order valence-electron chi connectivity index (χ2n) is 5.48. The van der Waals surface area contributed by atoms with Crippen LogP contribution in [0, 0.1) is 12.8 Å². The van der Waals surface area contributed by atoms with Gasteiger partial charge in [-0.3, -0.25) is 19.5 Å². The fourth-order valence-corrected chi connectivity index (χ4v) is 2.44. The lowest BCUT2D eigenvalue weighted by atomic mass is 9.94. The lowest BCUT2D eigenvalue weighted by Crippen LogP contribution is -2.64. The summed E-state index contributed by atoms with van der Waals surface area (Å²) in [6, 6.07) is 0.920. The molecule has 1 aromatic rings. The van der Waals surface area contributed by atoms with Crippen molar-refractivity contribution >= 4 is 17.5 Å². The quantitative estimate of drug-likeness (QED) is 0.912. The van der Waals surface area contributed by atoms with Crippen LogP contribution >= 0.6 is 0 Å². The van der Waals surface area contributed by atoms with Crippen LogP contribution in [0.2, 0.25) is 0 Å². The van der Waals surface area contributed by atoms with Gasteiger partial charge in [0.25, 0.3) is 5.91 Å². The van der Waals surface area contributed by atoms with E-state index in [1.54, 1.807) is 24.2 Å². The summed E-state index contributed by atoms with van der Waals surface area (Å²) in [4.78, 5) is 30.5. The van der Waals surface area contributed by atoms with Crippen molar-refractivity contribution in [1.82, 2.24) is 10.3 Å². The zero-order valence-corrected chi connectivity index (χ0v) is 12.4. The number of hydrogen-bond donors (Lipinski definition) is 1. The van der Waals surface area contributed by atoms with Gasteiger partial charge in [0.05, 0.1) is 11.9 Å². The minimum atomic E-state index is -0.508. The normalized spacial score (nSPS) is 24.5. The number of rotatable bonds is 3. The monoisotopic (exact) mass is 275 g/mol. The number of anilines is 1. The average Bonchev–Trinajstić information content (AvgIpc) is 2.42. The van der Waals surface area contributed by atoms with Crippen LogP contribution in [0.4, 0.5) is 5.69 Å². The SMILES string of the molecule is CCC(C)C1NC(=O)C(C)N(c2cncc(C)c2)C1=O.